The Hall–Kier alpha value is -3.67. The van der Waals surface area contributed by atoms with E-state index in [1.807, 2.05) is 4.90 Å². The molecule has 2 fully saturated rings. The van der Waals surface area contributed by atoms with Crippen LogP contribution in [-0.2, 0) is 25.3 Å². The fourth-order valence-electron chi connectivity index (χ4n) is 3.65. The second kappa shape index (κ2) is 11.8. The lowest BCUT2D eigenvalue weighted by Crippen LogP contribution is -2.44. The van der Waals surface area contributed by atoms with E-state index < -0.39 is 60.7 Å². The van der Waals surface area contributed by atoms with Crippen molar-refractivity contribution < 1.29 is 64.9 Å². The molecule has 218 valence electrons. The lowest BCUT2D eigenvalue weighted by Gasteiger charge is -2.30. The van der Waals surface area contributed by atoms with E-state index in [-0.39, 0.29) is 33.0 Å². The molecule has 3 heterocycles. The van der Waals surface area contributed by atoms with Crippen LogP contribution < -0.4 is 10.2 Å². The zero-order chi connectivity index (χ0) is 30.0. The number of carboxylic acid groups (broad SMARTS) is 2. The fourth-order valence-corrected chi connectivity index (χ4v) is 4.59. The lowest BCUT2D eigenvalue weighted by atomic mass is 10.0. The van der Waals surface area contributed by atoms with Gasteiger partial charge in [0.1, 0.15) is 23.5 Å². The lowest BCUT2D eigenvalue weighted by molar-refractivity contribution is -0.192. The number of hydrogen-bond acceptors (Lipinski definition) is 8. The Morgan fingerprint density at radius 3 is 2.35 bits per heavy atom. The number of ketones is 1. The van der Waals surface area contributed by atoms with Crippen molar-refractivity contribution in [3.05, 3.63) is 35.5 Å². The van der Waals surface area contributed by atoms with Crippen LogP contribution in [0.5, 0.6) is 0 Å². The van der Waals surface area contributed by atoms with Crippen LogP contribution in [0.15, 0.2) is 24.4 Å². The third kappa shape index (κ3) is 7.29. The van der Waals surface area contributed by atoms with E-state index in [0.29, 0.717) is 13.2 Å². The first-order valence-corrected chi connectivity index (χ1v) is 11.9. The molecule has 0 saturated carbocycles. The number of aromatic nitrogens is 1. The van der Waals surface area contributed by atoms with Gasteiger partial charge in [-0.3, -0.25) is 19.4 Å². The standard InChI is InChI=1S/C20H17F4N3O5S.C2HF3O2/c21-7-14(28)13(6-15(29)30)26-17(31)11-8-25-12-5-9(20(22,23)24)1-2-10(12)16(11)27-3-4-32-19-18(27)33-19;3-2(4,5)1(6)7/h1-2,5,8,13,18-19H,3-4,6-7H2,(H,26,31)(H,29,30);(H,6,7). The van der Waals surface area contributed by atoms with E-state index in [0.717, 1.165) is 18.3 Å². The first kappa shape index (κ1) is 30.9. The monoisotopic (exact) mass is 601 g/mol. The molecule has 0 bridgehead atoms. The van der Waals surface area contributed by atoms with E-state index >= 15 is 0 Å². The Bertz CT molecular complexity index is 1320. The molecule has 1 amide bonds. The van der Waals surface area contributed by atoms with Crippen molar-refractivity contribution in [3.8, 4) is 0 Å². The smallest absolute Gasteiger partial charge is 0.481 e. The van der Waals surface area contributed by atoms with Gasteiger partial charge in [0.15, 0.2) is 5.78 Å². The van der Waals surface area contributed by atoms with Gasteiger partial charge in [0.05, 0.1) is 35.4 Å². The number of benzene rings is 1. The number of halogens is 7. The summed E-state index contributed by atoms with van der Waals surface area (Å²) in [7, 11) is 0. The molecule has 0 radical (unpaired) electrons. The second-order valence-corrected chi connectivity index (χ2v) is 9.46. The third-order valence-corrected chi connectivity index (χ3v) is 6.63. The highest BCUT2D eigenvalue weighted by atomic mass is 32.2. The van der Waals surface area contributed by atoms with Gasteiger partial charge in [0.25, 0.3) is 5.91 Å². The Balaban J connectivity index is 0.000000559. The molecule has 18 heteroatoms. The fraction of sp³-hybridized carbons (Fsp3) is 0.409. The number of carbonyl (C=O) groups is 4. The Labute approximate surface area is 223 Å². The summed E-state index contributed by atoms with van der Waals surface area (Å²) < 4.78 is 89.7. The minimum absolute atomic E-state index is 0.00647. The SMILES string of the molecule is O=C(O)C(F)(F)F.O=C(O)CC(NC(=O)c1cnc2cc(C(F)(F)F)ccc2c1N1CCOC2SC21)C(=O)CF. The topological polar surface area (TPSA) is 146 Å². The Morgan fingerprint density at radius 2 is 1.80 bits per heavy atom. The third-order valence-electron chi connectivity index (χ3n) is 5.50. The maximum absolute atomic E-state index is 13.2. The predicted molar refractivity (Wildman–Crippen MR) is 123 cm³/mol. The number of alkyl halides is 7. The highest BCUT2D eigenvalue weighted by Gasteiger charge is 2.48. The largest absolute Gasteiger partial charge is 0.490 e. The summed E-state index contributed by atoms with van der Waals surface area (Å²) in [6, 6.07) is 1.37. The van der Waals surface area contributed by atoms with Crippen molar-refractivity contribution >= 4 is 52.0 Å². The van der Waals surface area contributed by atoms with E-state index in [4.69, 9.17) is 19.7 Å². The number of carboxylic acids is 2. The van der Waals surface area contributed by atoms with E-state index in [1.165, 1.54) is 17.8 Å². The first-order valence-electron chi connectivity index (χ1n) is 11.0. The average molecular weight is 601 g/mol. The van der Waals surface area contributed by atoms with Crippen LogP contribution in [-0.4, -0.2) is 81.7 Å². The summed E-state index contributed by atoms with van der Waals surface area (Å²) in [5.41, 5.74) is -0.831. The van der Waals surface area contributed by atoms with Crippen molar-refractivity contribution in [1.29, 1.82) is 0 Å². The van der Waals surface area contributed by atoms with Gasteiger partial charge in [-0.15, -0.1) is 0 Å². The van der Waals surface area contributed by atoms with Gasteiger partial charge in [0.2, 0.25) is 0 Å². The highest BCUT2D eigenvalue weighted by molar-refractivity contribution is 8.07. The molecule has 40 heavy (non-hydrogen) atoms. The Kier molecular flexibility index (Phi) is 9.13. The molecule has 2 saturated heterocycles. The zero-order valence-corrected chi connectivity index (χ0v) is 20.6. The molecule has 10 nitrogen and oxygen atoms in total. The van der Waals surface area contributed by atoms with Crippen LogP contribution in [0, 0.1) is 0 Å². The molecule has 3 unspecified atom stereocenters. The highest BCUT2D eigenvalue weighted by Crippen LogP contribution is 2.50. The van der Waals surface area contributed by atoms with Gasteiger partial charge >= 0.3 is 24.3 Å². The van der Waals surface area contributed by atoms with Crippen LogP contribution in [0.1, 0.15) is 22.3 Å². The van der Waals surface area contributed by atoms with Crippen molar-refractivity contribution in [2.75, 3.05) is 24.7 Å². The molecule has 2 aliphatic heterocycles. The maximum Gasteiger partial charge on any atom is 0.490 e. The van der Waals surface area contributed by atoms with Gasteiger partial charge in [0, 0.05) is 18.1 Å². The zero-order valence-electron chi connectivity index (χ0n) is 19.8. The average Bonchev–Trinajstić information content (AvgIpc) is 3.66. The van der Waals surface area contributed by atoms with E-state index in [1.54, 1.807) is 0 Å². The molecule has 4 rings (SSSR count). The van der Waals surface area contributed by atoms with E-state index in [2.05, 4.69) is 10.3 Å². The number of hydrogen-bond donors (Lipinski definition) is 3. The van der Waals surface area contributed by atoms with Gasteiger partial charge in [-0.2, -0.15) is 26.3 Å². The molecule has 0 spiro atoms. The maximum atomic E-state index is 13.2. The summed E-state index contributed by atoms with van der Waals surface area (Å²) in [6.45, 7) is -0.802. The minimum atomic E-state index is -5.08. The summed E-state index contributed by atoms with van der Waals surface area (Å²) in [4.78, 5) is 50.6. The van der Waals surface area contributed by atoms with Crippen LogP contribution in [0.3, 0.4) is 0 Å². The van der Waals surface area contributed by atoms with Crippen molar-refractivity contribution in [3.63, 3.8) is 0 Å². The molecule has 2 aromatic rings. The molecule has 1 aromatic heterocycles. The molecule has 1 aromatic carbocycles. The van der Waals surface area contributed by atoms with Crippen molar-refractivity contribution in [2.24, 2.45) is 0 Å². The molecule has 2 aliphatic rings. The van der Waals surface area contributed by atoms with E-state index in [9.17, 15) is 45.1 Å². The van der Waals surface area contributed by atoms with Crippen LogP contribution >= 0.6 is 11.8 Å². The van der Waals surface area contributed by atoms with Gasteiger partial charge < -0.3 is 25.2 Å². The molecule has 3 N–H and O–H groups in total. The number of carbonyl (C=O) groups excluding carboxylic acids is 2. The van der Waals surface area contributed by atoms with Crippen LogP contribution in [0.25, 0.3) is 10.9 Å². The van der Waals surface area contributed by atoms with Gasteiger partial charge in [-0.05, 0) is 12.1 Å². The molecular formula is C22H18F7N3O7S. The first-order chi connectivity index (χ1) is 18.5. The van der Waals surface area contributed by atoms with Crippen molar-refractivity contribution in [2.45, 2.75) is 35.6 Å². The number of pyridine rings is 1. The summed E-state index contributed by atoms with van der Waals surface area (Å²) in [5, 5.41) is 18.5. The number of nitrogens with one attached hydrogen (secondary N) is 1. The summed E-state index contributed by atoms with van der Waals surface area (Å²) >= 11 is 1.46. The summed E-state index contributed by atoms with van der Waals surface area (Å²) in [6.07, 6.45) is -9.42. The summed E-state index contributed by atoms with van der Waals surface area (Å²) in [5.74, 6) is -6.17. The van der Waals surface area contributed by atoms with Crippen molar-refractivity contribution in [1.82, 2.24) is 10.3 Å². The van der Waals surface area contributed by atoms with Gasteiger partial charge in [-0.25, -0.2) is 9.18 Å². The number of Topliss-reactive ketones (excluding diaryl/α,β-unsaturated/α-hetero) is 1. The number of nitrogens with zero attached hydrogens (tertiary/aromatic N) is 2. The number of anilines is 1. The molecular weight excluding hydrogens is 583 g/mol. The number of fused-ring (bicyclic) bond motifs is 2. The normalized spacial score (nSPS) is 19.1. The Morgan fingerprint density at radius 1 is 1.15 bits per heavy atom. The number of aliphatic carboxylic acids is 2. The number of ether oxygens (including phenoxy) is 1. The van der Waals surface area contributed by atoms with Gasteiger partial charge in [-0.1, -0.05) is 17.8 Å². The quantitative estimate of drug-likeness (QED) is 0.319. The van der Waals surface area contributed by atoms with Crippen LogP contribution in [0.4, 0.5) is 36.4 Å². The van der Waals surface area contributed by atoms with Crippen LogP contribution in [0.2, 0.25) is 0 Å². The number of thioether (sulfide) groups is 1. The number of rotatable bonds is 7. The minimum Gasteiger partial charge on any atom is -0.481 e. The second-order valence-electron chi connectivity index (χ2n) is 8.24. The molecule has 0 aliphatic carbocycles. The molecule has 3 atom stereocenters. The predicted octanol–water partition coefficient (Wildman–Crippen LogP) is 3.23. The number of amides is 1. The number of morpholine rings is 1.